The fourth-order valence-corrected chi connectivity index (χ4v) is 2.03. The van der Waals surface area contributed by atoms with E-state index in [9.17, 15) is 4.79 Å². The lowest BCUT2D eigenvalue weighted by Crippen LogP contribution is -2.24. The zero-order chi connectivity index (χ0) is 12.1. The number of hydrogen-bond donors (Lipinski definition) is 1. The summed E-state index contributed by atoms with van der Waals surface area (Å²) in [5.74, 6) is -0.00730. The number of hydrogen-bond acceptors (Lipinski definition) is 4. The number of aryl methyl sites for hydroxylation is 1. The Morgan fingerprint density at radius 2 is 2.18 bits per heavy atom. The monoisotopic (exact) mass is 247 g/mol. The van der Waals surface area contributed by atoms with Crippen molar-refractivity contribution in [2.45, 2.75) is 19.9 Å². The molecule has 0 atom stereocenters. The van der Waals surface area contributed by atoms with Crippen molar-refractivity contribution in [2.24, 2.45) is 0 Å². The fourth-order valence-electron chi connectivity index (χ4n) is 1.42. The van der Waals surface area contributed by atoms with Crippen LogP contribution in [0, 0.1) is 6.92 Å². The van der Waals surface area contributed by atoms with Crippen molar-refractivity contribution < 1.29 is 4.79 Å². The lowest BCUT2D eigenvalue weighted by Gasteiger charge is -2.03. The van der Waals surface area contributed by atoms with Gasteiger partial charge in [-0.1, -0.05) is 0 Å². The Kier molecular flexibility index (Phi) is 3.82. The third-order valence-electron chi connectivity index (χ3n) is 2.25. The standard InChI is InChI=1S/C12H13N3OS/c1-9-15-11(8-17-9)6-12(16)14-7-10-2-4-13-5-3-10/h2-5,8H,6-7H2,1H3,(H,14,16). The highest BCUT2D eigenvalue weighted by Crippen LogP contribution is 2.08. The minimum Gasteiger partial charge on any atom is -0.352 e. The maximum absolute atomic E-state index is 11.6. The summed E-state index contributed by atoms with van der Waals surface area (Å²) in [5, 5.41) is 5.76. The van der Waals surface area contributed by atoms with Crippen LogP contribution in [0.1, 0.15) is 16.3 Å². The molecule has 0 aliphatic rings. The van der Waals surface area contributed by atoms with Gasteiger partial charge in [-0.2, -0.15) is 0 Å². The Hall–Kier alpha value is -1.75. The molecule has 0 unspecified atom stereocenters. The Labute approximate surface area is 104 Å². The minimum atomic E-state index is -0.00730. The number of pyridine rings is 1. The summed E-state index contributed by atoms with van der Waals surface area (Å²) < 4.78 is 0. The van der Waals surface area contributed by atoms with Crippen LogP contribution >= 0.6 is 11.3 Å². The molecular formula is C12H13N3OS. The first-order chi connectivity index (χ1) is 8.24. The van der Waals surface area contributed by atoms with Gasteiger partial charge in [-0.3, -0.25) is 9.78 Å². The highest BCUT2D eigenvalue weighted by atomic mass is 32.1. The summed E-state index contributed by atoms with van der Waals surface area (Å²) in [6.45, 7) is 2.47. The molecule has 17 heavy (non-hydrogen) atoms. The predicted octanol–water partition coefficient (Wildman–Crippen LogP) is 1.71. The molecule has 0 bridgehead atoms. The number of rotatable bonds is 4. The molecule has 0 radical (unpaired) electrons. The average molecular weight is 247 g/mol. The molecular weight excluding hydrogens is 234 g/mol. The second-order valence-corrected chi connectivity index (χ2v) is 4.73. The zero-order valence-corrected chi connectivity index (χ0v) is 10.3. The summed E-state index contributed by atoms with van der Waals surface area (Å²) in [4.78, 5) is 19.8. The van der Waals surface area contributed by atoms with Crippen LogP contribution in [0.15, 0.2) is 29.9 Å². The smallest absolute Gasteiger partial charge is 0.226 e. The van der Waals surface area contributed by atoms with E-state index in [0.717, 1.165) is 16.3 Å². The number of nitrogens with one attached hydrogen (secondary N) is 1. The molecule has 2 rings (SSSR count). The van der Waals surface area contributed by atoms with E-state index in [2.05, 4.69) is 15.3 Å². The zero-order valence-electron chi connectivity index (χ0n) is 9.51. The molecule has 0 saturated carbocycles. The Balaban J connectivity index is 1.82. The van der Waals surface area contributed by atoms with Gasteiger partial charge in [0.05, 0.1) is 17.1 Å². The van der Waals surface area contributed by atoms with Crippen molar-refractivity contribution in [3.63, 3.8) is 0 Å². The van der Waals surface area contributed by atoms with Crippen LogP contribution in [0.3, 0.4) is 0 Å². The molecule has 0 aliphatic heterocycles. The number of amides is 1. The van der Waals surface area contributed by atoms with Crippen molar-refractivity contribution >= 4 is 17.2 Å². The minimum absolute atomic E-state index is 0.00730. The maximum atomic E-state index is 11.6. The van der Waals surface area contributed by atoms with Gasteiger partial charge in [0.1, 0.15) is 0 Å². The topological polar surface area (TPSA) is 54.9 Å². The molecule has 4 nitrogen and oxygen atoms in total. The lowest BCUT2D eigenvalue weighted by molar-refractivity contribution is -0.120. The molecule has 2 aromatic rings. The molecule has 2 heterocycles. The van der Waals surface area contributed by atoms with Gasteiger partial charge in [-0.15, -0.1) is 11.3 Å². The predicted molar refractivity (Wildman–Crippen MR) is 66.6 cm³/mol. The molecule has 88 valence electrons. The lowest BCUT2D eigenvalue weighted by atomic mass is 10.2. The highest BCUT2D eigenvalue weighted by Gasteiger charge is 2.05. The van der Waals surface area contributed by atoms with Gasteiger partial charge in [0, 0.05) is 24.3 Å². The second kappa shape index (κ2) is 5.54. The number of nitrogens with zero attached hydrogens (tertiary/aromatic N) is 2. The van der Waals surface area contributed by atoms with Crippen LogP contribution in [0.2, 0.25) is 0 Å². The van der Waals surface area contributed by atoms with Gasteiger partial charge in [0.15, 0.2) is 0 Å². The van der Waals surface area contributed by atoms with Crippen molar-refractivity contribution in [3.8, 4) is 0 Å². The molecule has 0 aliphatic carbocycles. The molecule has 1 N–H and O–H groups in total. The molecule has 0 spiro atoms. The summed E-state index contributed by atoms with van der Waals surface area (Å²) in [5.41, 5.74) is 1.88. The third-order valence-corrected chi connectivity index (χ3v) is 3.07. The van der Waals surface area contributed by atoms with Crippen LogP contribution in [-0.4, -0.2) is 15.9 Å². The van der Waals surface area contributed by atoms with E-state index in [1.54, 1.807) is 23.7 Å². The van der Waals surface area contributed by atoms with Crippen LogP contribution in [0.25, 0.3) is 0 Å². The number of carbonyl (C=O) groups is 1. The largest absolute Gasteiger partial charge is 0.352 e. The third kappa shape index (κ3) is 3.64. The molecule has 2 aromatic heterocycles. The molecule has 0 saturated heterocycles. The quantitative estimate of drug-likeness (QED) is 0.894. The van der Waals surface area contributed by atoms with Gasteiger partial charge >= 0.3 is 0 Å². The van der Waals surface area contributed by atoms with Gasteiger partial charge in [0.2, 0.25) is 5.91 Å². The number of thiazole rings is 1. The normalized spacial score (nSPS) is 10.2. The SMILES string of the molecule is Cc1nc(CC(=O)NCc2ccncc2)cs1. The van der Waals surface area contributed by atoms with Gasteiger partial charge in [-0.05, 0) is 24.6 Å². The number of aromatic nitrogens is 2. The Bertz CT molecular complexity index is 495. The first-order valence-electron chi connectivity index (χ1n) is 5.30. The first-order valence-corrected chi connectivity index (χ1v) is 6.18. The van der Waals surface area contributed by atoms with E-state index in [-0.39, 0.29) is 5.91 Å². The van der Waals surface area contributed by atoms with E-state index in [1.807, 2.05) is 24.4 Å². The van der Waals surface area contributed by atoms with E-state index in [4.69, 9.17) is 0 Å². The summed E-state index contributed by atoms with van der Waals surface area (Å²) >= 11 is 1.56. The fraction of sp³-hybridized carbons (Fsp3) is 0.250. The molecule has 5 heteroatoms. The maximum Gasteiger partial charge on any atom is 0.226 e. The van der Waals surface area contributed by atoms with E-state index in [0.29, 0.717) is 13.0 Å². The van der Waals surface area contributed by atoms with Gasteiger partial charge in [-0.25, -0.2) is 4.98 Å². The van der Waals surface area contributed by atoms with Crippen LogP contribution < -0.4 is 5.32 Å². The number of carbonyl (C=O) groups excluding carboxylic acids is 1. The van der Waals surface area contributed by atoms with Crippen molar-refractivity contribution in [1.29, 1.82) is 0 Å². The van der Waals surface area contributed by atoms with E-state index < -0.39 is 0 Å². The van der Waals surface area contributed by atoms with Crippen LogP contribution in [-0.2, 0) is 17.8 Å². The van der Waals surface area contributed by atoms with E-state index >= 15 is 0 Å². The highest BCUT2D eigenvalue weighted by molar-refractivity contribution is 7.09. The van der Waals surface area contributed by atoms with Crippen molar-refractivity contribution in [2.75, 3.05) is 0 Å². The Morgan fingerprint density at radius 1 is 1.41 bits per heavy atom. The van der Waals surface area contributed by atoms with Gasteiger partial charge < -0.3 is 5.32 Å². The first kappa shape index (κ1) is 11.7. The summed E-state index contributed by atoms with van der Waals surface area (Å²) in [6, 6.07) is 3.76. The van der Waals surface area contributed by atoms with E-state index in [1.165, 1.54) is 0 Å². The second-order valence-electron chi connectivity index (χ2n) is 3.67. The molecule has 1 amide bonds. The van der Waals surface area contributed by atoms with Crippen molar-refractivity contribution in [1.82, 2.24) is 15.3 Å². The van der Waals surface area contributed by atoms with Gasteiger partial charge in [0.25, 0.3) is 0 Å². The molecule has 0 fully saturated rings. The summed E-state index contributed by atoms with van der Waals surface area (Å²) in [7, 11) is 0. The molecule has 0 aromatic carbocycles. The van der Waals surface area contributed by atoms with Crippen LogP contribution in [0.4, 0.5) is 0 Å². The average Bonchev–Trinajstić information content (AvgIpc) is 2.73. The Morgan fingerprint density at radius 3 is 2.82 bits per heavy atom. The van der Waals surface area contributed by atoms with Crippen LogP contribution in [0.5, 0.6) is 0 Å². The summed E-state index contributed by atoms with van der Waals surface area (Å²) in [6.07, 6.45) is 3.77. The van der Waals surface area contributed by atoms with Crippen molar-refractivity contribution in [3.05, 3.63) is 46.2 Å².